The first-order chi connectivity index (χ1) is 19.7. The molecule has 238 valence electrons. The number of amides is 3. The molecule has 43 heavy (non-hydrogen) atoms. The van der Waals surface area contributed by atoms with E-state index in [0.717, 1.165) is 37.3 Å². The second-order valence-electron chi connectivity index (χ2n) is 12.8. The number of hydrogen-bond acceptors (Lipinski definition) is 10. The molecule has 2 aliphatic heterocycles. The van der Waals surface area contributed by atoms with Crippen molar-refractivity contribution >= 4 is 41.2 Å². The Labute approximate surface area is 253 Å². The van der Waals surface area contributed by atoms with E-state index in [9.17, 15) is 28.9 Å². The Hall–Kier alpha value is -3.33. The summed E-state index contributed by atoms with van der Waals surface area (Å²) in [6.07, 6.45) is -0.741. The van der Waals surface area contributed by atoms with E-state index in [1.165, 1.54) is 6.92 Å². The standard InChI is InChI=1S/C23H29F2N3O6S.C5H9NO2/c1-20(2,3)33-18(29)27(19(30)34-21(4,5)6)17-26-23(8,22(7)11-15(22)35-17)13-9-12(28(31)32)10-14(24)16(13)25;7-5-6-1-3-8-4-2-6/h9-10,15H,11H2,1-8H3;5H,1-4H2/t15-,22+,23-;/m0./s1. The van der Waals surface area contributed by atoms with Crippen LogP contribution in [-0.2, 0) is 24.5 Å². The molecule has 3 aliphatic rings. The van der Waals surface area contributed by atoms with Gasteiger partial charge >= 0.3 is 12.2 Å². The van der Waals surface area contributed by atoms with Crippen LogP contribution in [0.5, 0.6) is 0 Å². The van der Waals surface area contributed by atoms with Crippen LogP contribution in [-0.4, -0.2) is 81.2 Å². The van der Waals surface area contributed by atoms with Gasteiger partial charge in [0, 0.05) is 35.4 Å². The number of morpholine rings is 1. The number of halogens is 2. The van der Waals surface area contributed by atoms with E-state index in [1.807, 2.05) is 0 Å². The average molecular weight is 629 g/mol. The highest BCUT2D eigenvalue weighted by Gasteiger charge is 2.67. The van der Waals surface area contributed by atoms with E-state index in [-0.39, 0.29) is 16.0 Å². The van der Waals surface area contributed by atoms with Gasteiger partial charge in [-0.25, -0.2) is 23.4 Å². The first-order valence-electron chi connectivity index (χ1n) is 13.7. The number of nitro groups is 1. The van der Waals surface area contributed by atoms with Crippen molar-refractivity contribution in [2.45, 2.75) is 83.8 Å². The number of nitro benzene ring substituents is 1. The molecule has 3 amide bonds. The van der Waals surface area contributed by atoms with Crippen LogP contribution in [0.1, 0.15) is 67.4 Å². The summed E-state index contributed by atoms with van der Waals surface area (Å²) in [6, 6.07) is 1.45. The Morgan fingerprint density at radius 1 is 1.12 bits per heavy atom. The maximum Gasteiger partial charge on any atom is 0.426 e. The lowest BCUT2D eigenvalue weighted by atomic mass is 9.77. The summed E-state index contributed by atoms with van der Waals surface area (Å²) in [5.74, 6) is -2.66. The summed E-state index contributed by atoms with van der Waals surface area (Å²) in [5, 5.41) is 11.0. The van der Waals surface area contributed by atoms with Crippen LogP contribution in [0.15, 0.2) is 17.1 Å². The fourth-order valence-corrected chi connectivity index (χ4v) is 6.18. The Morgan fingerprint density at radius 2 is 1.65 bits per heavy atom. The normalized spacial score (nSPS) is 24.8. The number of imide groups is 1. The minimum atomic E-state index is -1.53. The summed E-state index contributed by atoms with van der Waals surface area (Å²) in [4.78, 5) is 53.6. The van der Waals surface area contributed by atoms with Gasteiger partial charge in [-0.05, 0) is 54.9 Å². The third kappa shape index (κ3) is 7.80. The number of carbonyl (C=O) groups excluding carboxylic acids is 3. The van der Waals surface area contributed by atoms with E-state index in [2.05, 4.69) is 4.99 Å². The second kappa shape index (κ2) is 12.3. The Kier molecular flexibility index (Phi) is 9.81. The predicted molar refractivity (Wildman–Crippen MR) is 155 cm³/mol. The number of ether oxygens (including phenoxy) is 3. The first-order valence-corrected chi connectivity index (χ1v) is 14.5. The van der Waals surface area contributed by atoms with E-state index in [4.69, 9.17) is 14.2 Å². The van der Waals surface area contributed by atoms with Crippen molar-refractivity contribution in [2.24, 2.45) is 10.4 Å². The van der Waals surface area contributed by atoms with Gasteiger partial charge in [-0.15, -0.1) is 0 Å². The quantitative estimate of drug-likeness (QED) is 0.237. The Balaban J connectivity index is 0.000000546. The second-order valence-corrected chi connectivity index (χ2v) is 14.0. The highest BCUT2D eigenvalue weighted by atomic mass is 32.2. The lowest BCUT2D eigenvalue weighted by Gasteiger charge is -2.39. The summed E-state index contributed by atoms with van der Waals surface area (Å²) in [6.45, 7) is 15.9. The maximum absolute atomic E-state index is 15.1. The average Bonchev–Trinajstić information content (AvgIpc) is 3.56. The molecule has 12 nitrogen and oxygen atoms in total. The third-order valence-corrected chi connectivity index (χ3v) is 8.58. The number of nitrogens with zero attached hydrogens (tertiary/aromatic N) is 4. The fourth-order valence-electron chi connectivity index (χ4n) is 4.52. The predicted octanol–water partition coefficient (Wildman–Crippen LogP) is 5.62. The number of hydrogen-bond donors (Lipinski definition) is 0. The molecule has 2 fully saturated rings. The van der Waals surface area contributed by atoms with E-state index in [0.29, 0.717) is 30.6 Å². The third-order valence-electron chi connectivity index (χ3n) is 7.13. The number of aliphatic imine (C=N–C) groups is 1. The van der Waals surface area contributed by atoms with Crippen LogP contribution in [0.3, 0.4) is 0 Å². The minimum Gasteiger partial charge on any atom is -0.443 e. The molecule has 1 saturated heterocycles. The van der Waals surface area contributed by atoms with Gasteiger partial charge in [0.1, 0.15) is 11.2 Å². The molecule has 3 atom stereocenters. The zero-order valence-corrected chi connectivity index (χ0v) is 26.4. The smallest absolute Gasteiger partial charge is 0.426 e. The molecule has 0 N–H and O–H groups in total. The fraction of sp³-hybridized carbons (Fsp3) is 0.643. The highest BCUT2D eigenvalue weighted by Crippen LogP contribution is 2.68. The van der Waals surface area contributed by atoms with Gasteiger partial charge in [0.15, 0.2) is 16.8 Å². The monoisotopic (exact) mass is 628 g/mol. The summed E-state index contributed by atoms with van der Waals surface area (Å²) in [5.41, 5.74) is -5.12. The molecule has 4 rings (SSSR count). The van der Waals surface area contributed by atoms with Crippen molar-refractivity contribution in [1.29, 1.82) is 0 Å². The van der Waals surface area contributed by atoms with E-state index in [1.54, 1.807) is 53.4 Å². The number of thioether (sulfide) groups is 1. The van der Waals surface area contributed by atoms with Gasteiger partial charge in [0.05, 0.1) is 29.7 Å². The largest absolute Gasteiger partial charge is 0.443 e. The van der Waals surface area contributed by atoms with Gasteiger partial charge in [-0.2, -0.15) is 4.90 Å². The number of non-ortho nitro benzene ring substituents is 1. The number of rotatable bonds is 3. The molecule has 0 spiro atoms. The molecule has 1 saturated carbocycles. The van der Waals surface area contributed by atoms with E-state index >= 15 is 4.39 Å². The Bertz CT molecular complexity index is 1280. The molecule has 0 bridgehead atoms. The molecule has 0 unspecified atom stereocenters. The van der Waals surface area contributed by atoms with Crippen LogP contribution in [0, 0.1) is 27.2 Å². The van der Waals surface area contributed by atoms with Crippen LogP contribution in [0.25, 0.3) is 0 Å². The molecular formula is C28H38F2N4O8S. The zero-order chi connectivity index (χ0) is 32.5. The van der Waals surface area contributed by atoms with Crippen molar-refractivity contribution in [1.82, 2.24) is 9.80 Å². The van der Waals surface area contributed by atoms with Gasteiger partial charge < -0.3 is 19.1 Å². The molecule has 0 radical (unpaired) electrons. The lowest BCUT2D eigenvalue weighted by Crippen LogP contribution is -2.49. The highest BCUT2D eigenvalue weighted by molar-refractivity contribution is 8.14. The van der Waals surface area contributed by atoms with Crippen molar-refractivity contribution in [3.05, 3.63) is 39.4 Å². The number of benzene rings is 1. The topological polar surface area (TPSA) is 141 Å². The molecular weight excluding hydrogens is 590 g/mol. The summed E-state index contributed by atoms with van der Waals surface area (Å²) >= 11 is 1.12. The van der Waals surface area contributed by atoms with Crippen molar-refractivity contribution in [3.8, 4) is 0 Å². The molecule has 15 heteroatoms. The van der Waals surface area contributed by atoms with Crippen LogP contribution in [0.4, 0.5) is 24.1 Å². The molecule has 1 aromatic rings. The molecule has 0 aromatic heterocycles. The maximum atomic E-state index is 15.1. The summed E-state index contributed by atoms with van der Waals surface area (Å²) < 4.78 is 45.2. The van der Waals surface area contributed by atoms with Gasteiger partial charge in [-0.1, -0.05) is 18.7 Å². The van der Waals surface area contributed by atoms with Crippen LogP contribution >= 0.6 is 11.8 Å². The van der Waals surface area contributed by atoms with Gasteiger partial charge in [-0.3, -0.25) is 14.9 Å². The van der Waals surface area contributed by atoms with Gasteiger partial charge in [0.2, 0.25) is 6.41 Å². The van der Waals surface area contributed by atoms with Crippen molar-refractivity contribution in [2.75, 3.05) is 26.3 Å². The number of carbonyl (C=O) groups is 3. The minimum absolute atomic E-state index is 0.123. The lowest BCUT2D eigenvalue weighted by molar-refractivity contribution is -0.385. The summed E-state index contributed by atoms with van der Waals surface area (Å²) in [7, 11) is 0. The molecule has 1 aromatic carbocycles. The van der Waals surface area contributed by atoms with E-state index < -0.39 is 56.6 Å². The number of fused-ring (bicyclic) bond motifs is 1. The van der Waals surface area contributed by atoms with Crippen molar-refractivity contribution in [3.63, 3.8) is 0 Å². The molecule has 2 heterocycles. The van der Waals surface area contributed by atoms with Gasteiger partial charge in [0.25, 0.3) is 5.69 Å². The van der Waals surface area contributed by atoms with Crippen molar-refractivity contribution < 1.29 is 42.3 Å². The SMILES string of the molecule is CC(C)(C)OC(=O)N(C(=O)OC(C)(C)C)C1=N[C@@](C)(c2cc([N+](=O)[O-])cc(F)c2F)[C@]2(C)C[C@@H]2S1.O=CN1CCOCC1. The van der Waals surface area contributed by atoms with Crippen LogP contribution in [0.2, 0.25) is 0 Å². The molecule has 1 aliphatic carbocycles. The number of amidine groups is 1. The Morgan fingerprint density at radius 3 is 2.09 bits per heavy atom. The zero-order valence-electron chi connectivity index (χ0n) is 25.6. The van der Waals surface area contributed by atoms with Crippen LogP contribution < -0.4 is 0 Å². The first kappa shape index (κ1) is 34.2.